The molecule has 3 rings (SSSR count). The number of H-pyrrole nitrogens is 2. The van der Waals surface area contributed by atoms with Gasteiger partial charge in [-0.3, -0.25) is 4.79 Å². The van der Waals surface area contributed by atoms with Crippen molar-refractivity contribution in [3.8, 4) is 5.75 Å². The number of aromatic amines is 2. The molecular weight excluding hydrogens is 306 g/mol. The summed E-state index contributed by atoms with van der Waals surface area (Å²) in [5, 5.41) is 2.80. The first-order valence-corrected chi connectivity index (χ1v) is 7.72. The van der Waals surface area contributed by atoms with E-state index in [0.29, 0.717) is 23.3 Å². The van der Waals surface area contributed by atoms with Gasteiger partial charge in [0.25, 0.3) is 0 Å². The molecule has 0 bridgehead atoms. The Kier molecular flexibility index (Phi) is 4.37. The molecule has 6 heteroatoms. The third-order valence-corrected chi connectivity index (χ3v) is 3.59. The molecule has 6 nitrogen and oxygen atoms in total. The topological polar surface area (TPSA) is 87.0 Å². The number of rotatable bonds is 5. The van der Waals surface area contributed by atoms with Gasteiger partial charge in [0.15, 0.2) is 0 Å². The molecule has 2 aromatic carbocycles. The number of anilines is 1. The summed E-state index contributed by atoms with van der Waals surface area (Å²) in [6.45, 7) is 4.32. The Morgan fingerprint density at radius 1 is 1.04 bits per heavy atom. The SMILES string of the molecule is Cc1cc(C)cc(OCCC(=O)Nc2ccc3[nH]c(=O)[nH]c3c2)c1. The number of amides is 1. The number of carbonyl (C=O) groups is 1. The van der Waals surface area contributed by atoms with Crippen molar-refractivity contribution in [1.29, 1.82) is 0 Å². The molecular formula is C18H19N3O3. The third kappa shape index (κ3) is 3.84. The van der Waals surface area contributed by atoms with E-state index in [2.05, 4.69) is 21.4 Å². The normalized spacial score (nSPS) is 10.8. The highest BCUT2D eigenvalue weighted by Crippen LogP contribution is 2.17. The summed E-state index contributed by atoms with van der Waals surface area (Å²) in [7, 11) is 0. The fourth-order valence-corrected chi connectivity index (χ4v) is 2.61. The molecule has 0 aliphatic carbocycles. The molecule has 0 spiro atoms. The van der Waals surface area contributed by atoms with Gasteiger partial charge in [-0.25, -0.2) is 4.79 Å². The van der Waals surface area contributed by atoms with Crippen LogP contribution in [0.5, 0.6) is 5.75 Å². The van der Waals surface area contributed by atoms with Crippen molar-refractivity contribution in [2.24, 2.45) is 0 Å². The Morgan fingerprint density at radius 3 is 2.50 bits per heavy atom. The first-order chi connectivity index (χ1) is 11.5. The third-order valence-electron chi connectivity index (χ3n) is 3.59. The zero-order valence-electron chi connectivity index (χ0n) is 13.6. The Bertz CT molecular complexity index is 920. The molecule has 0 saturated heterocycles. The minimum absolute atomic E-state index is 0.142. The molecule has 1 aromatic heterocycles. The van der Waals surface area contributed by atoms with E-state index < -0.39 is 0 Å². The van der Waals surface area contributed by atoms with Gasteiger partial charge in [-0.1, -0.05) is 6.07 Å². The van der Waals surface area contributed by atoms with E-state index in [1.165, 1.54) is 0 Å². The number of hydrogen-bond donors (Lipinski definition) is 3. The minimum atomic E-state index is -0.268. The zero-order chi connectivity index (χ0) is 17.1. The lowest BCUT2D eigenvalue weighted by molar-refractivity contribution is -0.116. The number of benzene rings is 2. The van der Waals surface area contributed by atoms with Gasteiger partial charge >= 0.3 is 5.69 Å². The van der Waals surface area contributed by atoms with E-state index in [0.717, 1.165) is 16.9 Å². The average molecular weight is 325 g/mol. The lowest BCUT2D eigenvalue weighted by Crippen LogP contribution is -2.15. The number of aromatic nitrogens is 2. The van der Waals surface area contributed by atoms with Crippen LogP contribution in [0.25, 0.3) is 11.0 Å². The highest BCUT2D eigenvalue weighted by Gasteiger charge is 2.05. The number of hydrogen-bond acceptors (Lipinski definition) is 3. The summed E-state index contributed by atoms with van der Waals surface area (Å²) < 4.78 is 5.64. The van der Waals surface area contributed by atoms with Gasteiger partial charge in [0.05, 0.1) is 24.1 Å². The summed E-state index contributed by atoms with van der Waals surface area (Å²) in [4.78, 5) is 28.6. The maximum Gasteiger partial charge on any atom is 0.323 e. The Balaban J connectivity index is 1.55. The second-order valence-corrected chi connectivity index (χ2v) is 5.81. The van der Waals surface area contributed by atoms with Crippen LogP contribution in [-0.4, -0.2) is 22.5 Å². The van der Waals surface area contributed by atoms with E-state index in [1.54, 1.807) is 18.2 Å². The van der Waals surface area contributed by atoms with Crippen LogP contribution in [0.3, 0.4) is 0 Å². The highest BCUT2D eigenvalue weighted by molar-refractivity contribution is 5.93. The van der Waals surface area contributed by atoms with Gasteiger partial charge in [0.2, 0.25) is 5.91 Å². The summed E-state index contributed by atoms with van der Waals surface area (Å²) in [5.74, 6) is 0.628. The van der Waals surface area contributed by atoms with Gasteiger partial charge in [0.1, 0.15) is 5.75 Å². The van der Waals surface area contributed by atoms with Crippen molar-refractivity contribution < 1.29 is 9.53 Å². The molecule has 0 radical (unpaired) electrons. The molecule has 0 atom stereocenters. The second-order valence-electron chi connectivity index (χ2n) is 5.81. The fourth-order valence-electron chi connectivity index (χ4n) is 2.61. The van der Waals surface area contributed by atoms with Gasteiger partial charge in [-0.05, 0) is 55.3 Å². The largest absolute Gasteiger partial charge is 0.493 e. The van der Waals surface area contributed by atoms with Crippen molar-refractivity contribution in [2.45, 2.75) is 20.3 Å². The number of ether oxygens (including phenoxy) is 1. The molecule has 0 unspecified atom stereocenters. The van der Waals surface area contributed by atoms with Crippen molar-refractivity contribution >= 4 is 22.6 Å². The Morgan fingerprint density at radius 2 is 1.75 bits per heavy atom. The van der Waals surface area contributed by atoms with E-state index in [1.807, 2.05) is 26.0 Å². The van der Waals surface area contributed by atoms with Crippen molar-refractivity contribution in [1.82, 2.24) is 9.97 Å². The molecule has 0 fully saturated rings. The molecule has 3 N–H and O–H groups in total. The first kappa shape index (κ1) is 15.9. The van der Waals surface area contributed by atoms with Crippen molar-refractivity contribution in [3.05, 3.63) is 58.0 Å². The minimum Gasteiger partial charge on any atom is -0.493 e. The zero-order valence-corrected chi connectivity index (χ0v) is 13.6. The number of carbonyl (C=O) groups excluding carboxylic acids is 1. The van der Waals surface area contributed by atoms with Gasteiger partial charge in [-0.15, -0.1) is 0 Å². The molecule has 0 aliphatic rings. The number of aryl methyl sites for hydroxylation is 2. The number of nitrogens with one attached hydrogen (secondary N) is 3. The van der Waals surface area contributed by atoms with Crippen molar-refractivity contribution in [2.75, 3.05) is 11.9 Å². The van der Waals surface area contributed by atoms with E-state index >= 15 is 0 Å². The van der Waals surface area contributed by atoms with Gasteiger partial charge in [0, 0.05) is 5.69 Å². The van der Waals surface area contributed by atoms with Crippen LogP contribution in [0.15, 0.2) is 41.2 Å². The Labute approximate surface area is 138 Å². The molecule has 1 heterocycles. The summed E-state index contributed by atoms with van der Waals surface area (Å²) in [6.07, 6.45) is 0.245. The van der Waals surface area contributed by atoms with Crippen LogP contribution in [0.1, 0.15) is 17.5 Å². The fraction of sp³-hybridized carbons (Fsp3) is 0.222. The first-order valence-electron chi connectivity index (χ1n) is 7.72. The maximum absolute atomic E-state index is 12.0. The predicted octanol–water partition coefficient (Wildman–Crippen LogP) is 2.88. The molecule has 1 amide bonds. The van der Waals surface area contributed by atoms with Crippen molar-refractivity contribution in [3.63, 3.8) is 0 Å². The van der Waals surface area contributed by atoms with Crippen LogP contribution >= 0.6 is 0 Å². The molecule has 3 aromatic rings. The highest BCUT2D eigenvalue weighted by atomic mass is 16.5. The van der Waals surface area contributed by atoms with Gasteiger partial charge < -0.3 is 20.0 Å². The van der Waals surface area contributed by atoms with Crippen LogP contribution < -0.4 is 15.7 Å². The predicted molar refractivity (Wildman–Crippen MR) is 93.6 cm³/mol. The smallest absolute Gasteiger partial charge is 0.323 e. The maximum atomic E-state index is 12.0. The van der Waals surface area contributed by atoms with Crippen LogP contribution in [0.4, 0.5) is 5.69 Å². The quantitative estimate of drug-likeness (QED) is 0.674. The molecule has 0 aliphatic heterocycles. The van der Waals surface area contributed by atoms with E-state index in [9.17, 15) is 9.59 Å². The second kappa shape index (κ2) is 6.62. The van der Waals surface area contributed by atoms with Crippen LogP contribution in [0.2, 0.25) is 0 Å². The molecule has 124 valence electrons. The number of imidazole rings is 1. The lowest BCUT2D eigenvalue weighted by Gasteiger charge is -2.09. The summed E-state index contributed by atoms with van der Waals surface area (Å²) >= 11 is 0. The van der Waals surface area contributed by atoms with Crippen LogP contribution in [0, 0.1) is 13.8 Å². The Hall–Kier alpha value is -3.02. The summed E-state index contributed by atoms with van der Waals surface area (Å²) in [6, 6.07) is 11.2. The summed E-state index contributed by atoms with van der Waals surface area (Å²) in [5.41, 5.74) is 3.98. The standard InChI is InChI=1S/C18H19N3O3/c1-11-7-12(2)9-14(8-11)24-6-5-17(22)19-13-3-4-15-16(10-13)21-18(23)20-15/h3-4,7-10H,5-6H2,1-2H3,(H,19,22)(H2,20,21,23). The van der Waals surface area contributed by atoms with E-state index in [-0.39, 0.29) is 18.0 Å². The van der Waals surface area contributed by atoms with Crippen LogP contribution in [-0.2, 0) is 4.79 Å². The van der Waals surface area contributed by atoms with E-state index in [4.69, 9.17) is 4.74 Å². The monoisotopic (exact) mass is 325 g/mol. The number of fused-ring (bicyclic) bond motifs is 1. The molecule has 0 saturated carbocycles. The van der Waals surface area contributed by atoms with Gasteiger partial charge in [-0.2, -0.15) is 0 Å². The molecule has 24 heavy (non-hydrogen) atoms. The average Bonchev–Trinajstić information content (AvgIpc) is 2.85. The lowest BCUT2D eigenvalue weighted by atomic mass is 10.1.